The fraction of sp³-hybridized carbons (Fsp3) is 0.833. The molecule has 0 fully saturated rings. The van der Waals surface area contributed by atoms with Gasteiger partial charge in [0.15, 0.2) is 0 Å². The first-order valence-corrected chi connectivity index (χ1v) is 2.84. The maximum atomic E-state index is 9.00. The third kappa shape index (κ3) is 495. The summed E-state index contributed by atoms with van der Waals surface area (Å²) in [4.78, 5) is 9.00. The van der Waals surface area contributed by atoms with E-state index in [4.69, 9.17) is 9.90 Å². The Balaban J connectivity index is 0. The molecule has 0 aliphatic heterocycles. The van der Waals surface area contributed by atoms with E-state index in [9.17, 15) is 0 Å². The molecule has 0 aliphatic rings. The van der Waals surface area contributed by atoms with Crippen molar-refractivity contribution in [2.24, 2.45) is 0 Å². The maximum absolute atomic E-state index is 9.00. The summed E-state index contributed by atoms with van der Waals surface area (Å²) in [5, 5.41) is 7.42. The summed E-state index contributed by atoms with van der Waals surface area (Å²) in [7, 11) is 0. The quantitative estimate of drug-likeness (QED) is 0.571. The topological polar surface area (TPSA) is 37.3 Å². The van der Waals surface area contributed by atoms with Gasteiger partial charge in [0.05, 0.1) is 0 Å². The van der Waals surface area contributed by atoms with E-state index in [1.807, 2.05) is 0 Å². The SMILES string of the molecule is CC(=O)O.CCCC. The van der Waals surface area contributed by atoms with Crippen LogP contribution in [0.4, 0.5) is 0 Å². The molecule has 1 N–H and O–H groups in total. The van der Waals surface area contributed by atoms with Crippen LogP contribution in [0, 0.1) is 0 Å². The molecule has 2 heteroatoms. The van der Waals surface area contributed by atoms with E-state index in [0.717, 1.165) is 6.92 Å². The number of rotatable bonds is 1. The van der Waals surface area contributed by atoms with Crippen molar-refractivity contribution in [3.63, 3.8) is 0 Å². The highest BCUT2D eigenvalue weighted by atomic mass is 16.4. The van der Waals surface area contributed by atoms with E-state index >= 15 is 0 Å². The average Bonchev–Trinajstić information content (AvgIpc) is 1.65. The van der Waals surface area contributed by atoms with Crippen molar-refractivity contribution in [3.8, 4) is 0 Å². The van der Waals surface area contributed by atoms with Gasteiger partial charge in [-0.3, -0.25) is 4.79 Å². The van der Waals surface area contributed by atoms with Gasteiger partial charge in [-0.1, -0.05) is 26.7 Å². The fourth-order valence-corrected chi connectivity index (χ4v) is 0. The maximum Gasteiger partial charge on any atom is 0.300 e. The summed E-state index contributed by atoms with van der Waals surface area (Å²) in [6, 6.07) is 0. The van der Waals surface area contributed by atoms with Crippen molar-refractivity contribution in [3.05, 3.63) is 0 Å². The van der Waals surface area contributed by atoms with E-state index in [-0.39, 0.29) is 0 Å². The highest BCUT2D eigenvalue weighted by molar-refractivity contribution is 5.62. The Morgan fingerprint density at radius 3 is 1.50 bits per heavy atom. The van der Waals surface area contributed by atoms with E-state index < -0.39 is 5.97 Å². The van der Waals surface area contributed by atoms with Crippen molar-refractivity contribution in [2.45, 2.75) is 33.6 Å². The predicted octanol–water partition coefficient (Wildman–Crippen LogP) is 1.90. The number of carboxylic acids is 1. The van der Waals surface area contributed by atoms with Crippen molar-refractivity contribution in [1.82, 2.24) is 0 Å². The highest BCUT2D eigenvalue weighted by Gasteiger charge is 1.65. The van der Waals surface area contributed by atoms with E-state index in [0.29, 0.717) is 0 Å². The van der Waals surface area contributed by atoms with Crippen LogP contribution in [0.5, 0.6) is 0 Å². The second kappa shape index (κ2) is 9.69. The minimum atomic E-state index is -0.833. The Hall–Kier alpha value is -0.530. The third-order valence-corrected chi connectivity index (χ3v) is 0.500. The van der Waals surface area contributed by atoms with Crippen LogP contribution in [0.15, 0.2) is 0 Å². The molecule has 0 aliphatic carbocycles. The molecule has 50 valence electrons. The van der Waals surface area contributed by atoms with Crippen LogP contribution in [-0.4, -0.2) is 11.1 Å². The minimum absolute atomic E-state index is 0.833. The van der Waals surface area contributed by atoms with Crippen molar-refractivity contribution in [2.75, 3.05) is 0 Å². The van der Waals surface area contributed by atoms with Gasteiger partial charge in [-0.2, -0.15) is 0 Å². The number of carboxylic acid groups (broad SMARTS) is 1. The van der Waals surface area contributed by atoms with Crippen molar-refractivity contribution >= 4 is 5.97 Å². The molecule has 0 aromatic carbocycles. The zero-order valence-electron chi connectivity index (χ0n) is 5.77. The molecular weight excluding hydrogens is 104 g/mol. The Bertz CT molecular complexity index is 44.5. The Kier molecular flexibility index (Phi) is 12.7. The zero-order chi connectivity index (χ0) is 6.99. The van der Waals surface area contributed by atoms with E-state index in [1.165, 1.54) is 12.8 Å². The number of unbranched alkanes of at least 4 members (excludes halogenated alkanes) is 1. The molecule has 0 atom stereocenters. The summed E-state index contributed by atoms with van der Waals surface area (Å²) in [6.07, 6.45) is 2.64. The summed E-state index contributed by atoms with van der Waals surface area (Å²) in [5.41, 5.74) is 0. The molecular formula is C6H14O2. The molecule has 0 unspecified atom stereocenters. The van der Waals surface area contributed by atoms with Crippen LogP contribution in [0.1, 0.15) is 33.6 Å². The summed E-state index contributed by atoms with van der Waals surface area (Å²) >= 11 is 0. The normalized spacial score (nSPS) is 6.88. The summed E-state index contributed by atoms with van der Waals surface area (Å²) < 4.78 is 0. The average molecular weight is 118 g/mol. The van der Waals surface area contributed by atoms with Gasteiger partial charge >= 0.3 is 0 Å². The number of carbonyl (C=O) groups is 1. The number of hydrogen-bond acceptors (Lipinski definition) is 1. The molecule has 0 aromatic heterocycles. The van der Waals surface area contributed by atoms with Gasteiger partial charge in [0, 0.05) is 6.92 Å². The first kappa shape index (κ1) is 10.5. The van der Waals surface area contributed by atoms with Crippen molar-refractivity contribution < 1.29 is 9.90 Å². The molecule has 0 amide bonds. The molecule has 0 radical (unpaired) electrons. The second-order valence-corrected chi connectivity index (χ2v) is 1.52. The minimum Gasteiger partial charge on any atom is -0.481 e. The van der Waals surface area contributed by atoms with Gasteiger partial charge in [-0.15, -0.1) is 0 Å². The first-order chi connectivity index (χ1) is 3.65. The summed E-state index contributed by atoms with van der Waals surface area (Å²) in [6.45, 7) is 5.44. The Morgan fingerprint density at radius 2 is 1.50 bits per heavy atom. The van der Waals surface area contributed by atoms with Gasteiger partial charge in [0.2, 0.25) is 0 Å². The predicted molar refractivity (Wildman–Crippen MR) is 33.9 cm³/mol. The van der Waals surface area contributed by atoms with Gasteiger partial charge in [0.1, 0.15) is 0 Å². The van der Waals surface area contributed by atoms with Gasteiger partial charge < -0.3 is 5.11 Å². The summed E-state index contributed by atoms with van der Waals surface area (Å²) in [5.74, 6) is -0.833. The lowest BCUT2D eigenvalue weighted by Crippen LogP contribution is -1.78. The standard InChI is InChI=1S/C4H10.C2H4O2/c1-3-4-2;1-2(3)4/h3-4H2,1-2H3;1H3,(H,3,4). The van der Waals surface area contributed by atoms with Crippen LogP contribution >= 0.6 is 0 Å². The lowest BCUT2D eigenvalue weighted by Gasteiger charge is -1.68. The van der Waals surface area contributed by atoms with Crippen LogP contribution in [-0.2, 0) is 4.79 Å². The smallest absolute Gasteiger partial charge is 0.300 e. The lowest BCUT2D eigenvalue weighted by atomic mass is 10.4. The van der Waals surface area contributed by atoms with Crippen molar-refractivity contribution in [1.29, 1.82) is 0 Å². The molecule has 0 saturated heterocycles. The first-order valence-electron chi connectivity index (χ1n) is 2.84. The van der Waals surface area contributed by atoms with Gasteiger partial charge in [0.25, 0.3) is 5.97 Å². The molecule has 0 bridgehead atoms. The molecule has 0 rings (SSSR count). The van der Waals surface area contributed by atoms with Crippen LogP contribution < -0.4 is 0 Å². The fourth-order valence-electron chi connectivity index (χ4n) is 0. The molecule has 0 spiro atoms. The van der Waals surface area contributed by atoms with Crippen LogP contribution in [0.2, 0.25) is 0 Å². The molecule has 0 saturated carbocycles. The molecule has 8 heavy (non-hydrogen) atoms. The van der Waals surface area contributed by atoms with E-state index in [1.54, 1.807) is 0 Å². The Labute approximate surface area is 50.5 Å². The van der Waals surface area contributed by atoms with Crippen LogP contribution in [0.3, 0.4) is 0 Å². The molecule has 0 heterocycles. The zero-order valence-corrected chi connectivity index (χ0v) is 5.77. The van der Waals surface area contributed by atoms with Gasteiger partial charge in [-0.25, -0.2) is 0 Å². The highest BCUT2D eigenvalue weighted by Crippen LogP contribution is 1.76. The molecule has 0 aromatic rings. The number of hydrogen-bond donors (Lipinski definition) is 1. The Morgan fingerprint density at radius 1 is 1.38 bits per heavy atom. The lowest BCUT2D eigenvalue weighted by molar-refractivity contribution is -0.134. The molecule has 2 nitrogen and oxygen atoms in total. The largest absolute Gasteiger partial charge is 0.481 e. The van der Waals surface area contributed by atoms with Gasteiger partial charge in [-0.05, 0) is 0 Å². The van der Waals surface area contributed by atoms with E-state index in [2.05, 4.69) is 13.8 Å². The second-order valence-electron chi connectivity index (χ2n) is 1.52. The number of aliphatic carboxylic acids is 1. The third-order valence-electron chi connectivity index (χ3n) is 0.500. The van der Waals surface area contributed by atoms with Crippen LogP contribution in [0.25, 0.3) is 0 Å². The monoisotopic (exact) mass is 118 g/mol.